The van der Waals surface area contributed by atoms with Gasteiger partial charge in [0.1, 0.15) is 0 Å². The Labute approximate surface area is 111 Å². The quantitative estimate of drug-likeness (QED) is 0.501. The van der Waals surface area contributed by atoms with Crippen LogP contribution in [0.15, 0.2) is 0 Å². The van der Waals surface area contributed by atoms with Crippen LogP contribution < -0.4 is 9.80 Å². The van der Waals surface area contributed by atoms with Crippen LogP contribution in [0.5, 0.6) is 0 Å². The number of nitrogens with one attached hydrogen (secondary N) is 1. The maximum Gasteiger partial charge on any atom is 0.346 e. The third-order valence-electron chi connectivity index (χ3n) is 2.55. The molecule has 100 valence electrons. The Morgan fingerprint density at radius 2 is 1.94 bits per heavy atom. The predicted molar refractivity (Wildman–Crippen MR) is 74.0 cm³/mol. The van der Waals surface area contributed by atoms with Gasteiger partial charge in [-0.25, -0.2) is 0 Å². The van der Waals surface area contributed by atoms with E-state index in [1.165, 1.54) is 0 Å². The van der Waals surface area contributed by atoms with Gasteiger partial charge < -0.3 is 14.8 Å². The topological polar surface area (TPSA) is 78.3 Å². The summed E-state index contributed by atoms with van der Waals surface area (Å²) >= 11 is 5.01. The summed E-state index contributed by atoms with van der Waals surface area (Å²) in [6.45, 7) is 5.17. The summed E-state index contributed by atoms with van der Waals surface area (Å²) in [7, 11) is 3.59. The first-order chi connectivity index (χ1) is 8.42. The molecule has 0 unspecified atom stereocenters. The van der Waals surface area contributed by atoms with E-state index >= 15 is 0 Å². The number of anilines is 2. The second-order valence-corrected chi connectivity index (χ2v) is 4.27. The van der Waals surface area contributed by atoms with Gasteiger partial charge in [-0.3, -0.25) is 10.1 Å². The van der Waals surface area contributed by atoms with Gasteiger partial charge in [-0.15, -0.1) is 0 Å². The first-order valence-electron chi connectivity index (χ1n) is 5.63. The lowest BCUT2D eigenvalue weighted by atomic mass is 10.4. The van der Waals surface area contributed by atoms with Crippen molar-refractivity contribution in [2.75, 3.05) is 37.0 Å². The minimum atomic E-state index is -0.487. The molecule has 1 heterocycles. The fourth-order valence-electron chi connectivity index (χ4n) is 1.59. The molecule has 0 aromatic carbocycles. The number of hydrogen-bond acceptors (Lipinski definition) is 6. The Kier molecular flexibility index (Phi) is 4.60. The predicted octanol–water partition coefficient (Wildman–Crippen LogP) is 1.96. The number of hydrogen-bond donors (Lipinski definition) is 1. The molecule has 8 heteroatoms. The van der Waals surface area contributed by atoms with Crippen molar-refractivity contribution in [3.8, 4) is 0 Å². The van der Waals surface area contributed by atoms with E-state index in [2.05, 4.69) is 9.97 Å². The summed E-state index contributed by atoms with van der Waals surface area (Å²) in [5.41, 5.74) is -0.140. The monoisotopic (exact) mass is 271 g/mol. The standard InChI is InChI=1S/C10H17N5O2S/c1-5-14(6-2)8-7(15(16)17)9(18)12-10(11-8)13(3)4/h5-6H2,1-4H3,(H,11,12,18). The van der Waals surface area contributed by atoms with E-state index in [1.54, 1.807) is 19.0 Å². The zero-order valence-corrected chi connectivity index (χ0v) is 11.7. The molecule has 0 spiro atoms. The van der Waals surface area contributed by atoms with Crippen molar-refractivity contribution < 1.29 is 4.92 Å². The van der Waals surface area contributed by atoms with Crippen LogP contribution in [-0.4, -0.2) is 42.1 Å². The lowest BCUT2D eigenvalue weighted by Crippen LogP contribution is -2.25. The number of H-pyrrole nitrogens is 1. The van der Waals surface area contributed by atoms with Crippen LogP contribution in [-0.2, 0) is 0 Å². The van der Waals surface area contributed by atoms with Crippen molar-refractivity contribution in [3.05, 3.63) is 14.8 Å². The molecule has 0 aliphatic rings. The maximum absolute atomic E-state index is 11.1. The lowest BCUT2D eigenvalue weighted by molar-refractivity contribution is -0.385. The molecule has 0 radical (unpaired) electrons. The van der Waals surface area contributed by atoms with Crippen LogP contribution in [0.1, 0.15) is 13.8 Å². The third kappa shape index (κ3) is 2.76. The van der Waals surface area contributed by atoms with Gasteiger partial charge in [0.25, 0.3) is 0 Å². The Balaban J connectivity index is 3.52. The number of rotatable bonds is 5. The molecule has 0 fully saturated rings. The van der Waals surface area contributed by atoms with E-state index in [0.717, 1.165) is 0 Å². The van der Waals surface area contributed by atoms with Gasteiger partial charge in [0.05, 0.1) is 4.92 Å². The molecule has 0 aliphatic heterocycles. The second-order valence-electron chi connectivity index (χ2n) is 3.89. The highest BCUT2D eigenvalue weighted by atomic mass is 32.1. The Morgan fingerprint density at radius 1 is 1.39 bits per heavy atom. The van der Waals surface area contributed by atoms with Crippen molar-refractivity contribution in [1.29, 1.82) is 0 Å². The van der Waals surface area contributed by atoms with E-state index in [1.807, 2.05) is 18.7 Å². The maximum atomic E-state index is 11.1. The van der Waals surface area contributed by atoms with E-state index in [0.29, 0.717) is 24.9 Å². The zero-order valence-electron chi connectivity index (χ0n) is 10.9. The van der Waals surface area contributed by atoms with Crippen molar-refractivity contribution in [2.24, 2.45) is 0 Å². The molecular formula is C10H17N5O2S. The molecule has 0 atom stereocenters. The minimum Gasteiger partial charge on any atom is -0.353 e. The van der Waals surface area contributed by atoms with E-state index in [-0.39, 0.29) is 10.3 Å². The van der Waals surface area contributed by atoms with Crippen molar-refractivity contribution in [3.63, 3.8) is 0 Å². The smallest absolute Gasteiger partial charge is 0.346 e. The van der Waals surface area contributed by atoms with Crippen LogP contribution >= 0.6 is 12.2 Å². The molecule has 0 amide bonds. The van der Waals surface area contributed by atoms with Crippen LogP contribution in [0.3, 0.4) is 0 Å². The molecular weight excluding hydrogens is 254 g/mol. The van der Waals surface area contributed by atoms with Gasteiger partial charge in [-0.1, -0.05) is 12.2 Å². The molecule has 0 bridgehead atoms. The molecule has 1 N–H and O–H groups in total. The Morgan fingerprint density at radius 3 is 2.33 bits per heavy atom. The van der Waals surface area contributed by atoms with E-state index in [4.69, 9.17) is 12.2 Å². The number of nitro groups is 1. The highest BCUT2D eigenvalue weighted by molar-refractivity contribution is 7.71. The zero-order chi connectivity index (χ0) is 13.9. The number of aromatic nitrogens is 2. The summed E-state index contributed by atoms with van der Waals surface area (Å²) in [6.07, 6.45) is 0. The molecule has 1 rings (SSSR count). The van der Waals surface area contributed by atoms with Crippen molar-refractivity contribution in [2.45, 2.75) is 13.8 Å². The number of aromatic amines is 1. The van der Waals surface area contributed by atoms with Crippen LogP contribution in [0.25, 0.3) is 0 Å². The molecule has 1 aromatic rings. The molecule has 1 aromatic heterocycles. The lowest BCUT2D eigenvalue weighted by Gasteiger charge is -2.22. The molecule has 7 nitrogen and oxygen atoms in total. The highest BCUT2D eigenvalue weighted by Gasteiger charge is 2.23. The van der Waals surface area contributed by atoms with Crippen LogP contribution in [0.2, 0.25) is 0 Å². The first kappa shape index (κ1) is 14.4. The summed E-state index contributed by atoms with van der Waals surface area (Å²) in [5, 5.41) is 11.1. The number of nitrogens with zero attached hydrogens (tertiary/aromatic N) is 4. The molecule has 18 heavy (non-hydrogen) atoms. The molecule has 0 saturated carbocycles. The highest BCUT2D eigenvalue weighted by Crippen LogP contribution is 2.28. The fraction of sp³-hybridized carbons (Fsp3) is 0.600. The SMILES string of the molecule is CCN(CC)c1[nH]c(N(C)C)nc(=S)c1[N+](=O)[O-]. The summed E-state index contributed by atoms with van der Waals surface area (Å²) in [5.74, 6) is 0.918. The van der Waals surface area contributed by atoms with Gasteiger partial charge in [0, 0.05) is 27.2 Å². The Hall–Kier alpha value is -1.70. The third-order valence-corrected chi connectivity index (χ3v) is 2.84. The van der Waals surface area contributed by atoms with Crippen molar-refractivity contribution in [1.82, 2.24) is 9.97 Å². The summed E-state index contributed by atoms with van der Waals surface area (Å²) in [4.78, 5) is 21.2. The summed E-state index contributed by atoms with van der Waals surface area (Å²) < 4.78 is 0.00403. The largest absolute Gasteiger partial charge is 0.353 e. The normalized spacial score (nSPS) is 10.2. The van der Waals surface area contributed by atoms with Crippen molar-refractivity contribution >= 4 is 29.7 Å². The average Bonchev–Trinajstić information content (AvgIpc) is 2.29. The average molecular weight is 271 g/mol. The second kappa shape index (κ2) is 5.76. The van der Waals surface area contributed by atoms with Gasteiger partial charge in [-0.05, 0) is 13.8 Å². The van der Waals surface area contributed by atoms with E-state index < -0.39 is 4.92 Å². The van der Waals surface area contributed by atoms with Gasteiger partial charge in [-0.2, -0.15) is 4.98 Å². The summed E-state index contributed by atoms with van der Waals surface area (Å²) in [6, 6.07) is 0. The fourth-order valence-corrected chi connectivity index (χ4v) is 1.85. The van der Waals surface area contributed by atoms with Gasteiger partial charge in [0.15, 0.2) is 5.82 Å². The van der Waals surface area contributed by atoms with E-state index in [9.17, 15) is 10.1 Å². The molecule has 0 saturated heterocycles. The minimum absolute atomic E-state index is 0.00403. The van der Waals surface area contributed by atoms with Gasteiger partial charge in [0.2, 0.25) is 10.6 Å². The first-order valence-corrected chi connectivity index (χ1v) is 6.04. The van der Waals surface area contributed by atoms with Crippen LogP contribution in [0, 0.1) is 14.8 Å². The molecule has 0 aliphatic carbocycles. The Bertz CT molecular complexity index is 496. The van der Waals surface area contributed by atoms with Gasteiger partial charge >= 0.3 is 5.69 Å². The van der Waals surface area contributed by atoms with Crippen LogP contribution in [0.4, 0.5) is 17.5 Å².